The number of nitrogens with one attached hydrogen (secondary N) is 2. The molecule has 0 aliphatic heterocycles. The Morgan fingerprint density at radius 2 is 1.85 bits per heavy atom. The lowest BCUT2D eigenvalue weighted by Gasteiger charge is -2.21. The van der Waals surface area contributed by atoms with Crippen LogP contribution in [-0.4, -0.2) is 23.1 Å². The summed E-state index contributed by atoms with van der Waals surface area (Å²) in [7, 11) is 1.90. The monoisotopic (exact) mass is 276 g/mol. The molecule has 0 saturated heterocycles. The fourth-order valence-corrected chi connectivity index (χ4v) is 2.75. The number of anilines is 2. The van der Waals surface area contributed by atoms with Gasteiger partial charge in [0, 0.05) is 24.6 Å². The maximum Gasteiger partial charge on any atom is 0.138 e. The average Bonchev–Trinajstić information content (AvgIpc) is 2.67. The summed E-state index contributed by atoms with van der Waals surface area (Å²) in [5, 5.41) is 6.72. The number of rotatable bonds is 3. The van der Waals surface area contributed by atoms with Crippen molar-refractivity contribution >= 4 is 11.6 Å². The van der Waals surface area contributed by atoms with E-state index < -0.39 is 0 Å². The van der Waals surface area contributed by atoms with E-state index in [1.54, 1.807) is 0 Å². The van der Waals surface area contributed by atoms with Crippen LogP contribution in [0.2, 0.25) is 0 Å². The first-order chi connectivity index (χ1) is 9.19. The quantitative estimate of drug-likeness (QED) is 0.881. The zero-order valence-corrected chi connectivity index (χ0v) is 13.7. The van der Waals surface area contributed by atoms with Crippen LogP contribution in [0.4, 0.5) is 11.6 Å². The van der Waals surface area contributed by atoms with Crippen LogP contribution in [0.25, 0.3) is 0 Å². The minimum atomic E-state index is -0.0434. The Morgan fingerprint density at radius 1 is 1.20 bits per heavy atom. The summed E-state index contributed by atoms with van der Waals surface area (Å²) in [4.78, 5) is 9.27. The average molecular weight is 276 g/mol. The number of hydrogen-bond donors (Lipinski definition) is 2. The lowest BCUT2D eigenvalue weighted by Crippen LogP contribution is -2.22. The molecule has 1 aliphatic rings. The standard InChI is InChI=1S/C16H28N4/c1-15(2,3)14-19-12(17-6)9-13(20-14)18-11-7-8-16(4,5)10-11/h9,11H,7-8,10H2,1-6H3,(H2,17,18,19,20). The van der Waals surface area contributed by atoms with Crippen LogP contribution >= 0.6 is 0 Å². The van der Waals surface area contributed by atoms with Gasteiger partial charge in [0.2, 0.25) is 0 Å². The Kier molecular flexibility index (Phi) is 3.94. The molecule has 1 aromatic rings. The molecule has 0 aromatic carbocycles. The van der Waals surface area contributed by atoms with E-state index in [9.17, 15) is 0 Å². The summed E-state index contributed by atoms with van der Waals surface area (Å²) in [5.74, 6) is 2.70. The first-order valence-corrected chi connectivity index (χ1v) is 7.53. The minimum Gasteiger partial charge on any atom is -0.373 e. The summed E-state index contributed by atoms with van der Waals surface area (Å²) in [6, 6.07) is 2.53. The molecule has 1 unspecified atom stereocenters. The van der Waals surface area contributed by atoms with Gasteiger partial charge in [-0.1, -0.05) is 34.6 Å². The van der Waals surface area contributed by atoms with E-state index in [1.807, 2.05) is 13.1 Å². The third-order valence-electron chi connectivity index (χ3n) is 3.97. The Hall–Kier alpha value is -1.32. The minimum absolute atomic E-state index is 0.0434. The van der Waals surface area contributed by atoms with Crippen molar-refractivity contribution in [1.29, 1.82) is 0 Å². The fourth-order valence-electron chi connectivity index (χ4n) is 2.75. The van der Waals surface area contributed by atoms with Crippen molar-refractivity contribution in [3.05, 3.63) is 11.9 Å². The molecule has 0 radical (unpaired) electrons. The fraction of sp³-hybridized carbons (Fsp3) is 0.750. The highest BCUT2D eigenvalue weighted by atomic mass is 15.1. The van der Waals surface area contributed by atoms with Gasteiger partial charge in [0.15, 0.2) is 0 Å². The van der Waals surface area contributed by atoms with Crippen LogP contribution < -0.4 is 10.6 Å². The molecule has 1 aromatic heterocycles. The molecule has 4 nitrogen and oxygen atoms in total. The molecule has 0 spiro atoms. The largest absolute Gasteiger partial charge is 0.373 e. The summed E-state index contributed by atoms with van der Waals surface area (Å²) in [5.41, 5.74) is 0.404. The van der Waals surface area contributed by atoms with Gasteiger partial charge in [-0.05, 0) is 24.7 Å². The molecule has 2 rings (SSSR count). The van der Waals surface area contributed by atoms with E-state index in [0.717, 1.165) is 17.5 Å². The second kappa shape index (κ2) is 5.23. The maximum atomic E-state index is 4.70. The van der Waals surface area contributed by atoms with Gasteiger partial charge in [0.25, 0.3) is 0 Å². The highest BCUT2D eigenvalue weighted by molar-refractivity contribution is 5.48. The van der Waals surface area contributed by atoms with Gasteiger partial charge < -0.3 is 10.6 Å². The first-order valence-electron chi connectivity index (χ1n) is 7.53. The van der Waals surface area contributed by atoms with E-state index in [4.69, 9.17) is 4.98 Å². The van der Waals surface area contributed by atoms with Crippen molar-refractivity contribution in [2.75, 3.05) is 17.7 Å². The Morgan fingerprint density at radius 3 is 2.35 bits per heavy atom. The van der Waals surface area contributed by atoms with Crippen LogP contribution in [0.5, 0.6) is 0 Å². The third kappa shape index (κ3) is 3.62. The van der Waals surface area contributed by atoms with Crippen molar-refractivity contribution in [3.8, 4) is 0 Å². The SMILES string of the molecule is CNc1cc(NC2CCC(C)(C)C2)nc(C(C)(C)C)n1. The Labute approximate surface area is 122 Å². The van der Waals surface area contributed by atoms with E-state index >= 15 is 0 Å². The number of nitrogens with zero attached hydrogens (tertiary/aromatic N) is 2. The molecule has 112 valence electrons. The molecule has 1 heterocycles. The summed E-state index contributed by atoms with van der Waals surface area (Å²) >= 11 is 0. The molecule has 4 heteroatoms. The molecule has 2 N–H and O–H groups in total. The second-order valence-electron chi connectivity index (χ2n) is 7.71. The molecule has 1 aliphatic carbocycles. The predicted molar refractivity (Wildman–Crippen MR) is 85.3 cm³/mol. The third-order valence-corrected chi connectivity index (χ3v) is 3.97. The van der Waals surface area contributed by atoms with Crippen LogP contribution in [0.3, 0.4) is 0 Å². The zero-order valence-electron chi connectivity index (χ0n) is 13.7. The lowest BCUT2D eigenvalue weighted by atomic mass is 9.92. The normalized spacial score (nSPS) is 21.8. The molecular weight excluding hydrogens is 248 g/mol. The van der Waals surface area contributed by atoms with Gasteiger partial charge in [-0.25, -0.2) is 9.97 Å². The van der Waals surface area contributed by atoms with Crippen LogP contribution in [0.1, 0.15) is 59.7 Å². The van der Waals surface area contributed by atoms with Gasteiger partial charge >= 0.3 is 0 Å². The van der Waals surface area contributed by atoms with Gasteiger partial charge in [0.1, 0.15) is 17.5 Å². The van der Waals surface area contributed by atoms with Crippen molar-refractivity contribution in [1.82, 2.24) is 9.97 Å². The van der Waals surface area contributed by atoms with Crippen LogP contribution in [0.15, 0.2) is 6.07 Å². The van der Waals surface area contributed by atoms with E-state index in [2.05, 4.69) is 50.2 Å². The molecule has 1 atom stereocenters. The van der Waals surface area contributed by atoms with E-state index in [-0.39, 0.29) is 5.41 Å². The highest BCUT2D eigenvalue weighted by Gasteiger charge is 2.31. The van der Waals surface area contributed by atoms with Crippen molar-refractivity contribution in [2.24, 2.45) is 5.41 Å². The zero-order chi connectivity index (χ0) is 15.0. The van der Waals surface area contributed by atoms with E-state index in [0.29, 0.717) is 11.5 Å². The molecule has 0 bridgehead atoms. The molecule has 0 amide bonds. The molecule has 1 fully saturated rings. The van der Waals surface area contributed by atoms with E-state index in [1.165, 1.54) is 19.3 Å². The summed E-state index contributed by atoms with van der Waals surface area (Å²) in [6.07, 6.45) is 3.70. The highest BCUT2D eigenvalue weighted by Crippen LogP contribution is 2.38. The van der Waals surface area contributed by atoms with Gasteiger partial charge in [-0.3, -0.25) is 0 Å². The maximum absolute atomic E-state index is 4.70. The Bertz CT molecular complexity index is 474. The summed E-state index contributed by atoms with van der Waals surface area (Å²) in [6.45, 7) is 11.1. The van der Waals surface area contributed by atoms with Gasteiger partial charge in [-0.15, -0.1) is 0 Å². The van der Waals surface area contributed by atoms with Crippen molar-refractivity contribution in [3.63, 3.8) is 0 Å². The van der Waals surface area contributed by atoms with Crippen LogP contribution in [-0.2, 0) is 5.41 Å². The molecule has 20 heavy (non-hydrogen) atoms. The number of aromatic nitrogens is 2. The molecule has 1 saturated carbocycles. The van der Waals surface area contributed by atoms with Gasteiger partial charge in [0.05, 0.1) is 0 Å². The van der Waals surface area contributed by atoms with Crippen molar-refractivity contribution < 1.29 is 0 Å². The first kappa shape index (κ1) is 15.1. The smallest absolute Gasteiger partial charge is 0.138 e. The predicted octanol–water partition coefficient (Wildman–Crippen LogP) is 3.81. The van der Waals surface area contributed by atoms with Crippen LogP contribution in [0, 0.1) is 5.41 Å². The summed E-state index contributed by atoms with van der Waals surface area (Å²) < 4.78 is 0. The molecular formula is C16H28N4. The lowest BCUT2D eigenvalue weighted by molar-refractivity contribution is 0.378. The van der Waals surface area contributed by atoms with Crippen molar-refractivity contribution in [2.45, 2.75) is 65.3 Å². The van der Waals surface area contributed by atoms with Gasteiger partial charge in [-0.2, -0.15) is 0 Å². The topological polar surface area (TPSA) is 49.8 Å². The number of hydrogen-bond acceptors (Lipinski definition) is 4. The Balaban J connectivity index is 2.19. The second-order valence-corrected chi connectivity index (χ2v) is 7.71.